The van der Waals surface area contributed by atoms with Crippen molar-refractivity contribution in [2.24, 2.45) is 0 Å². The average Bonchev–Trinajstić information content (AvgIpc) is 2.28. The zero-order valence-electron chi connectivity index (χ0n) is 6.06. The summed E-state index contributed by atoms with van der Waals surface area (Å²) in [4.78, 5) is 0. The van der Waals surface area contributed by atoms with Gasteiger partial charge in [0.1, 0.15) is 2.41 Å². The van der Waals surface area contributed by atoms with E-state index in [1.807, 2.05) is 0 Å². The van der Waals surface area contributed by atoms with Crippen molar-refractivity contribution in [3.05, 3.63) is 0 Å². The summed E-state index contributed by atoms with van der Waals surface area (Å²) in [7, 11) is 0. The fourth-order valence-corrected chi connectivity index (χ4v) is 3.70. The standard InChI is InChI=1S/C5H9I2O3PS/c6-11(7)12-10-3-1-4(8)5(9)2-3/h3-5,8-9H,1-2H2/t3?,4-,5+. The van der Waals surface area contributed by atoms with E-state index in [1.165, 1.54) is 11.7 Å². The number of halogens is 2. The van der Waals surface area contributed by atoms with Gasteiger partial charge in [0.15, 0.2) is 0 Å². The van der Waals surface area contributed by atoms with E-state index in [0.29, 0.717) is 12.8 Å². The number of hydrogen-bond acceptors (Lipinski definition) is 4. The maximum absolute atomic E-state index is 9.20. The molecule has 1 unspecified atom stereocenters. The second-order valence-corrected chi connectivity index (χ2v) is 20.1. The Kier molecular flexibility index (Phi) is 5.96. The Morgan fingerprint density at radius 1 is 1.25 bits per heavy atom. The summed E-state index contributed by atoms with van der Waals surface area (Å²) in [6.07, 6.45) is -0.0417. The van der Waals surface area contributed by atoms with Crippen molar-refractivity contribution in [2.75, 3.05) is 0 Å². The molecule has 0 radical (unpaired) electrons. The summed E-state index contributed by atoms with van der Waals surface area (Å²) >= 11 is 6.06. The number of hydrogen-bond donors (Lipinski definition) is 2. The molecule has 72 valence electrons. The van der Waals surface area contributed by atoms with Gasteiger partial charge in [-0.1, -0.05) is 0 Å². The van der Waals surface area contributed by atoms with Gasteiger partial charge in [0.2, 0.25) is 0 Å². The van der Waals surface area contributed by atoms with Crippen LogP contribution in [0.3, 0.4) is 0 Å². The van der Waals surface area contributed by atoms with E-state index >= 15 is 0 Å². The fourth-order valence-electron chi connectivity index (χ4n) is 1.12. The quantitative estimate of drug-likeness (QED) is 0.408. The number of rotatable bonds is 3. The van der Waals surface area contributed by atoms with E-state index in [2.05, 4.69) is 44.1 Å². The lowest BCUT2D eigenvalue weighted by Crippen LogP contribution is -2.17. The van der Waals surface area contributed by atoms with Crippen LogP contribution in [0.15, 0.2) is 0 Å². The van der Waals surface area contributed by atoms with Crippen LogP contribution in [0.1, 0.15) is 12.8 Å². The molecule has 0 aromatic heterocycles. The van der Waals surface area contributed by atoms with Gasteiger partial charge >= 0.3 is 0 Å². The third-order valence-corrected chi connectivity index (χ3v) is 5.65. The van der Waals surface area contributed by atoms with Crippen LogP contribution in [0, 0.1) is 0 Å². The maximum atomic E-state index is 9.20. The second kappa shape index (κ2) is 5.87. The predicted molar refractivity (Wildman–Crippen MR) is 68.7 cm³/mol. The van der Waals surface area contributed by atoms with E-state index < -0.39 is 12.2 Å². The molecule has 0 bridgehead atoms. The molecule has 1 aliphatic rings. The van der Waals surface area contributed by atoms with Crippen LogP contribution in [0.2, 0.25) is 0 Å². The summed E-state index contributed by atoms with van der Waals surface area (Å²) in [5, 5.41) is 18.4. The van der Waals surface area contributed by atoms with Crippen LogP contribution >= 0.6 is 58.2 Å². The summed E-state index contributed by atoms with van der Waals surface area (Å²) in [5.74, 6) is 0. The minimum absolute atomic E-state index is 0.0227. The number of aliphatic hydroxyl groups excluding tert-OH is 2. The lowest BCUT2D eigenvalue weighted by Gasteiger charge is -2.08. The Morgan fingerprint density at radius 3 is 2.17 bits per heavy atom. The largest absolute Gasteiger partial charge is 0.390 e. The van der Waals surface area contributed by atoms with Crippen LogP contribution in [-0.2, 0) is 4.18 Å². The molecule has 0 aromatic carbocycles. The van der Waals surface area contributed by atoms with Crippen LogP contribution in [0.25, 0.3) is 0 Å². The lowest BCUT2D eigenvalue weighted by molar-refractivity contribution is 0.0438. The lowest BCUT2D eigenvalue weighted by atomic mass is 10.3. The monoisotopic (exact) mass is 434 g/mol. The zero-order chi connectivity index (χ0) is 9.14. The molecule has 2 N–H and O–H groups in total. The minimum Gasteiger partial charge on any atom is -0.390 e. The van der Waals surface area contributed by atoms with Crippen LogP contribution in [-0.4, -0.2) is 28.5 Å². The van der Waals surface area contributed by atoms with Gasteiger partial charge in [0, 0.05) is 24.5 Å². The molecule has 1 rings (SSSR count). The Balaban J connectivity index is 2.19. The van der Waals surface area contributed by atoms with Crippen molar-refractivity contribution in [1.82, 2.24) is 0 Å². The van der Waals surface area contributed by atoms with Crippen molar-refractivity contribution in [3.63, 3.8) is 0 Å². The van der Waals surface area contributed by atoms with Crippen molar-refractivity contribution in [3.8, 4) is 0 Å². The van der Waals surface area contributed by atoms with Gasteiger partial charge in [0.05, 0.1) is 18.3 Å². The molecule has 12 heavy (non-hydrogen) atoms. The average molecular weight is 434 g/mol. The van der Waals surface area contributed by atoms with Crippen LogP contribution < -0.4 is 0 Å². The molecule has 0 amide bonds. The van der Waals surface area contributed by atoms with Gasteiger partial charge in [-0.15, -0.1) is 0 Å². The Hall–Kier alpha value is 2.12. The first kappa shape index (κ1) is 12.2. The van der Waals surface area contributed by atoms with E-state index in [-0.39, 0.29) is 8.51 Å². The highest BCUT2D eigenvalue weighted by Crippen LogP contribution is 2.65. The minimum atomic E-state index is -0.592. The molecular weight excluding hydrogens is 425 g/mol. The molecule has 1 fully saturated rings. The van der Waals surface area contributed by atoms with Crippen molar-refractivity contribution in [1.29, 1.82) is 0 Å². The first-order valence-electron chi connectivity index (χ1n) is 3.41. The van der Waals surface area contributed by atoms with Crippen molar-refractivity contribution < 1.29 is 14.4 Å². The van der Waals surface area contributed by atoms with E-state index in [4.69, 9.17) is 4.18 Å². The van der Waals surface area contributed by atoms with Crippen molar-refractivity contribution >= 4 is 58.2 Å². The van der Waals surface area contributed by atoms with E-state index in [0.717, 1.165) is 0 Å². The molecule has 0 aliphatic heterocycles. The zero-order valence-corrected chi connectivity index (χ0v) is 12.1. The molecular formula is C5H9I2O3PS. The van der Waals surface area contributed by atoms with Gasteiger partial charge in [-0.3, -0.25) is 0 Å². The topological polar surface area (TPSA) is 49.7 Å². The van der Waals surface area contributed by atoms with Gasteiger partial charge in [-0.2, -0.15) is 0 Å². The number of aliphatic hydroxyl groups is 2. The van der Waals surface area contributed by atoms with Gasteiger partial charge in [0.25, 0.3) is 0 Å². The maximum Gasteiger partial charge on any atom is 0.113 e. The summed E-state index contributed by atoms with van der Waals surface area (Å²) < 4.78 is 5.24. The highest BCUT2D eigenvalue weighted by molar-refractivity contribution is 14.3. The third kappa shape index (κ3) is 4.10. The molecule has 0 spiro atoms. The molecule has 3 atom stereocenters. The molecule has 1 aliphatic carbocycles. The van der Waals surface area contributed by atoms with Crippen molar-refractivity contribution in [2.45, 2.75) is 31.2 Å². The third-order valence-electron chi connectivity index (χ3n) is 1.69. The molecule has 1 saturated carbocycles. The SMILES string of the molecule is O[C@@H]1CC(OSP(I)I)C[C@@H]1O. The fraction of sp³-hybridized carbons (Fsp3) is 1.00. The molecule has 7 heteroatoms. The van der Waals surface area contributed by atoms with E-state index in [9.17, 15) is 10.2 Å². The van der Waals surface area contributed by atoms with Crippen LogP contribution in [0.5, 0.6) is 0 Å². The highest BCUT2D eigenvalue weighted by Gasteiger charge is 2.32. The van der Waals surface area contributed by atoms with Gasteiger partial charge < -0.3 is 14.4 Å². The molecule has 3 nitrogen and oxygen atoms in total. The second-order valence-electron chi connectivity index (χ2n) is 2.60. The normalized spacial score (nSPS) is 36.2. The first-order chi connectivity index (χ1) is 5.59. The van der Waals surface area contributed by atoms with Gasteiger partial charge in [-0.25, -0.2) is 0 Å². The van der Waals surface area contributed by atoms with Gasteiger partial charge in [-0.05, 0) is 44.1 Å². The Morgan fingerprint density at radius 2 is 1.75 bits per heavy atom. The van der Waals surface area contributed by atoms with Crippen LogP contribution in [0.4, 0.5) is 0 Å². The summed E-state index contributed by atoms with van der Waals surface area (Å²) in [6, 6.07) is 0. The Labute approximate surface area is 103 Å². The predicted octanol–water partition coefficient (Wildman–Crippen LogP) is 2.63. The molecule has 0 aromatic rings. The highest BCUT2D eigenvalue weighted by atomic mass is 127. The first-order valence-corrected chi connectivity index (χ1v) is 11.7. The van der Waals surface area contributed by atoms with E-state index in [1.54, 1.807) is 0 Å². The smallest absolute Gasteiger partial charge is 0.113 e. The molecule has 0 heterocycles. The summed E-state index contributed by atoms with van der Waals surface area (Å²) in [5.41, 5.74) is 0. The summed E-state index contributed by atoms with van der Waals surface area (Å²) in [6.45, 7) is 0. The Bertz CT molecular complexity index is 141. The molecule has 0 saturated heterocycles.